The molecule has 8 heteroatoms. The first-order chi connectivity index (χ1) is 9.50. The fraction of sp³-hybridized carbons (Fsp3) is 0.417. The van der Waals surface area contributed by atoms with Crippen LogP contribution in [-0.4, -0.2) is 38.6 Å². The van der Waals surface area contributed by atoms with Crippen molar-refractivity contribution in [3.63, 3.8) is 0 Å². The van der Waals surface area contributed by atoms with Crippen molar-refractivity contribution in [3.8, 4) is 0 Å². The summed E-state index contributed by atoms with van der Waals surface area (Å²) in [6, 6.07) is 1.25. The Hall–Kier alpha value is -1.80. The van der Waals surface area contributed by atoms with Gasteiger partial charge in [0, 0.05) is 11.8 Å². The highest BCUT2D eigenvalue weighted by Crippen LogP contribution is 2.39. The molecule has 0 aromatic carbocycles. The summed E-state index contributed by atoms with van der Waals surface area (Å²) in [5, 5.41) is 11.1. The van der Waals surface area contributed by atoms with Gasteiger partial charge in [0.15, 0.2) is 13.2 Å². The van der Waals surface area contributed by atoms with Crippen LogP contribution in [0.2, 0.25) is 0 Å². The molecule has 0 saturated carbocycles. The molecule has 0 aliphatic carbocycles. The predicted octanol–water partition coefficient (Wildman–Crippen LogP) is -2.44. The summed E-state index contributed by atoms with van der Waals surface area (Å²) in [6.45, 7) is 0.408. The largest absolute Gasteiger partial charge is 0.543 e. The number of aryl methyl sites for hydroxylation is 1. The van der Waals surface area contributed by atoms with Gasteiger partial charge in [-0.05, 0) is 5.57 Å². The average molecular weight is 294 g/mol. The molecule has 1 saturated heterocycles. The Morgan fingerprint density at radius 1 is 1.65 bits per heavy atom. The van der Waals surface area contributed by atoms with E-state index in [0.29, 0.717) is 17.9 Å². The van der Waals surface area contributed by atoms with E-state index in [9.17, 15) is 14.7 Å². The summed E-state index contributed by atoms with van der Waals surface area (Å²) >= 11 is 1.49. The third-order valence-corrected chi connectivity index (χ3v) is 4.96. The van der Waals surface area contributed by atoms with E-state index < -0.39 is 12.0 Å². The zero-order valence-corrected chi connectivity index (χ0v) is 11.7. The highest BCUT2D eigenvalue weighted by atomic mass is 32.2. The number of β-lactam (4-membered cyclic amide) rings is 1. The van der Waals surface area contributed by atoms with Crippen LogP contribution in [0.5, 0.6) is 0 Å². The van der Waals surface area contributed by atoms with Crippen molar-refractivity contribution >= 4 is 23.6 Å². The molecule has 1 fully saturated rings. The molecule has 1 unspecified atom stereocenters. The summed E-state index contributed by atoms with van der Waals surface area (Å²) in [5.41, 5.74) is 6.33. The molecule has 2 N–H and O–H groups in total. The van der Waals surface area contributed by atoms with Gasteiger partial charge in [-0.1, -0.05) is 0 Å². The molecule has 3 rings (SSSR count). The van der Waals surface area contributed by atoms with Gasteiger partial charge in [0.05, 0.1) is 17.9 Å². The zero-order valence-electron chi connectivity index (χ0n) is 10.9. The van der Waals surface area contributed by atoms with Crippen LogP contribution < -0.4 is 15.5 Å². The highest BCUT2D eigenvalue weighted by Gasteiger charge is 2.50. The third-order valence-electron chi connectivity index (χ3n) is 3.60. The average Bonchev–Trinajstić information content (AvgIpc) is 2.82. The number of carboxylic acid groups (broad SMARTS) is 1. The summed E-state index contributed by atoms with van der Waals surface area (Å²) in [4.78, 5) is 24.4. The second kappa shape index (κ2) is 4.64. The van der Waals surface area contributed by atoms with Crippen LogP contribution in [0.1, 0.15) is 0 Å². The first kappa shape index (κ1) is 13.2. The number of aromatic nitrogens is 2. The van der Waals surface area contributed by atoms with Gasteiger partial charge in [-0.2, -0.15) is 4.68 Å². The van der Waals surface area contributed by atoms with Crippen LogP contribution >= 0.6 is 11.8 Å². The fourth-order valence-corrected chi connectivity index (χ4v) is 3.79. The van der Waals surface area contributed by atoms with Crippen molar-refractivity contribution in [2.75, 3.05) is 5.75 Å². The second-order valence-corrected chi connectivity index (χ2v) is 5.94. The van der Waals surface area contributed by atoms with Gasteiger partial charge in [-0.15, -0.1) is 16.4 Å². The summed E-state index contributed by atoms with van der Waals surface area (Å²) in [7, 11) is 1.86. The first-order valence-corrected chi connectivity index (χ1v) is 7.20. The van der Waals surface area contributed by atoms with Crippen molar-refractivity contribution in [2.45, 2.75) is 18.0 Å². The second-order valence-electron chi connectivity index (χ2n) is 4.84. The molecule has 7 nitrogen and oxygen atoms in total. The van der Waals surface area contributed by atoms with Gasteiger partial charge in [-0.25, -0.2) is 0 Å². The quantitative estimate of drug-likeness (QED) is 0.493. The number of amides is 1. The molecule has 0 radical (unpaired) electrons. The van der Waals surface area contributed by atoms with Crippen LogP contribution in [0.4, 0.5) is 0 Å². The maximum absolute atomic E-state index is 11.8. The molecule has 3 heterocycles. The van der Waals surface area contributed by atoms with E-state index in [1.807, 2.05) is 34.9 Å². The van der Waals surface area contributed by atoms with Crippen LogP contribution in [0, 0.1) is 0 Å². The molecule has 1 aromatic rings. The molecule has 2 atom stereocenters. The van der Waals surface area contributed by atoms with E-state index in [4.69, 9.17) is 5.73 Å². The smallest absolute Gasteiger partial charge is 0.248 e. The third kappa shape index (κ3) is 1.83. The molecule has 1 aromatic heterocycles. The van der Waals surface area contributed by atoms with Gasteiger partial charge in [-0.3, -0.25) is 9.69 Å². The Balaban J connectivity index is 1.96. The Kier molecular flexibility index (Phi) is 3.06. The number of carbonyl (C=O) groups excluding carboxylic acids is 2. The van der Waals surface area contributed by atoms with Gasteiger partial charge >= 0.3 is 0 Å². The van der Waals surface area contributed by atoms with Crippen LogP contribution in [0.3, 0.4) is 0 Å². The molecule has 0 bridgehead atoms. The number of rotatable bonds is 3. The standard InChI is InChI=1S/C12H14N4O3S/c1-14-3-2-4-15(14)5-7-6-20-11-8(13)10(17)16(11)9(7)12(18)19/h2-4,8,11H,5-6,13H2,1H3/t8?,11-/m1/s1. The molecule has 2 aliphatic heterocycles. The van der Waals surface area contributed by atoms with Crippen molar-refractivity contribution in [3.05, 3.63) is 29.7 Å². The first-order valence-electron chi connectivity index (χ1n) is 6.15. The Labute approximate surface area is 119 Å². The van der Waals surface area contributed by atoms with E-state index >= 15 is 0 Å². The fourth-order valence-electron chi connectivity index (χ4n) is 2.50. The normalized spacial score (nSPS) is 25.5. The zero-order chi connectivity index (χ0) is 14.4. The predicted molar refractivity (Wildman–Crippen MR) is 68.7 cm³/mol. The van der Waals surface area contributed by atoms with Crippen molar-refractivity contribution < 1.29 is 19.4 Å². The van der Waals surface area contributed by atoms with E-state index in [-0.39, 0.29) is 17.0 Å². The summed E-state index contributed by atoms with van der Waals surface area (Å²) in [5.74, 6) is -1.14. The number of carbonyl (C=O) groups is 2. The number of fused-ring (bicyclic) bond motifs is 1. The van der Waals surface area contributed by atoms with E-state index in [1.165, 1.54) is 16.7 Å². The number of hydrogen-bond donors (Lipinski definition) is 1. The molecule has 2 aliphatic rings. The van der Waals surface area contributed by atoms with Crippen molar-refractivity contribution in [1.29, 1.82) is 0 Å². The summed E-state index contributed by atoms with van der Waals surface area (Å²) in [6.07, 6.45) is 3.71. The number of thioether (sulfide) groups is 1. The minimum Gasteiger partial charge on any atom is -0.543 e. The van der Waals surface area contributed by atoms with Crippen LogP contribution in [-0.2, 0) is 23.2 Å². The lowest BCUT2D eigenvalue weighted by Gasteiger charge is -2.49. The number of carboxylic acids is 1. The maximum Gasteiger partial charge on any atom is 0.248 e. The van der Waals surface area contributed by atoms with Crippen LogP contribution in [0.25, 0.3) is 0 Å². The van der Waals surface area contributed by atoms with Gasteiger partial charge < -0.3 is 15.6 Å². The Morgan fingerprint density at radius 2 is 2.40 bits per heavy atom. The van der Waals surface area contributed by atoms with Gasteiger partial charge in [0.25, 0.3) is 0 Å². The molecular weight excluding hydrogens is 280 g/mol. The van der Waals surface area contributed by atoms with E-state index in [2.05, 4.69) is 0 Å². The number of nitrogens with two attached hydrogens (primary N) is 1. The maximum atomic E-state index is 11.8. The highest BCUT2D eigenvalue weighted by molar-refractivity contribution is 8.00. The van der Waals surface area contributed by atoms with Gasteiger partial charge in [0.2, 0.25) is 5.91 Å². The van der Waals surface area contributed by atoms with Gasteiger partial charge in [0.1, 0.15) is 18.0 Å². The lowest BCUT2D eigenvalue weighted by molar-refractivity contribution is -0.752. The SMILES string of the molecule is C[n+]1cccn1CC1=C(C(=O)[O-])N2C(=O)C(N)[C@H]2SC1. The molecule has 106 valence electrons. The Bertz CT molecular complexity index is 624. The minimum atomic E-state index is -1.32. The van der Waals surface area contributed by atoms with Crippen LogP contribution in [0.15, 0.2) is 29.7 Å². The number of aliphatic carboxylic acids is 1. The van der Waals surface area contributed by atoms with E-state index in [1.54, 1.807) is 0 Å². The topological polar surface area (TPSA) is 95.3 Å². The van der Waals surface area contributed by atoms with Crippen molar-refractivity contribution in [2.24, 2.45) is 12.8 Å². The Morgan fingerprint density at radius 3 is 3.00 bits per heavy atom. The molecule has 1 amide bonds. The molecule has 0 spiro atoms. The van der Waals surface area contributed by atoms with E-state index in [0.717, 1.165) is 0 Å². The number of hydrogen-bond acceptors (Lipinski definition) is 5. The lowest BCUT2D eigenvalue weighted by atomic mass is 10.0. The summed E-state index contributed by atoms with van der Waals surface area (Å²) < 4.78 is 3.71. The van der Waals surface area contributed by atoms with Crippen molar-refractivity contribution in [1.82, 2.24) is 9.58 Å². The lowest BCUT2D eigenvalue weighted by Crippen LogP contribution is -2.69. The molecule has 20 heavy (non-hydrogen) atoms. The minimum absolute atomic E-state index is 0.0193. The molecular formula is C12H14N4O3S. The number of nitrogens with zero attached hydrogens (tertiary/aromatic N) is 3. The monoisotopic (exact) mass is 294 g/mol.